The summed E-state index contributed by atoms with van der Waals surface area (Å²) in [4.78, 5) is 12.5. The fourth-order valence-corrected chi connectivity index (χ4v) is 2.21. The van der Waals surface area contributed by atoms with Crippen molar-refractivity contribution in [2.24, 2.45) is 0 Å². The van der Waals surface area contributed by atoms with Crippen LogP contribution in [0.2, 0.25) is 0 Å². The van der Waals surface area contributed by atoms with Gasteiger partial charge in [-0.05, 0) is 18.6 Å². The number of aryl methyl sites for hydroxylation is 1. The fourth-order valence-electron chi connectivity index (χ4n) is 2.21. The van der Waals surface area contributed by atoms with Gasteiger partial charge in [-0.3, -0.25) is 4.79 Å². The third-order valence-corrected chi connectivity index (χ3v) is 3.19. The predicted molar refractivity (Wildman–Crippen MR) is 71.2 cm³/mol. The van der Waals surface area contributed by atoms with Gasteiger partial charge in [0.15, 0.2) is 5.78 Å². The first-order valence-corrected chi connectivity index (χ1v) is 6.26. The number of morpholine rings is 1. The van der Waals surface area contributed by atoms with Crippen molar-refractivity contribution in [3.05, 3.63) is 23.3 Å². The Hall–Kier alpha value is -1.59. The number of ether oxygens (including phenoxy) is 3. The van der Waals surface area contributed by atoms with Crippen molar-refractivity contribution in [2.45, 2.75) is 13.0 Å². The maximum atomic E-state index is 12.5. The molecule has 5 nitrogen and oxygen atoms in total. The molecular weight excluding hydrogens is 246 g/mol. The molecule has 0 saturated carbocycles. The molecule has 2 rings (SSSR count). The molecule has 5 heteroatoms. The summed E-state index contributed by atoms with van der Waals surface area (Å²) in [7, 11) is 3.13. The zero-order valence-corrected chi connectivity index (χ0v) is 11.5. The van der Waals surface area contributed by atoms with Crippen molar-refractivity contribution in [1.82, 2.24) is 5.32 Å². The molecule has 19 heavy (non-hydrogen) atoms. The molecule has 0 bridgehead atoms. The van der Waals surface area contributed by atoms with Gasteiger partial charge >= 0.3 is 0 Å². The van der Waals surface area contributed by atoms with Crippen molar-refractivity contribution >= 4 is 5.78 Å². The van der Waals surface area contributed by atoms with E-state index in [0.717, 1.165) is 12.1 Å². The monoisotopic (exact) mass is 265 g/mol. The van der Waals surface area contributed by atoms with E-state index in [-0.39, 0.29) is 5.78 Å². The predicted octanol–water partition coefficient (Wildman–Crippen LogP) is 1.18. The summed E-state index contributed by atoms with van der Waals surface area (Å²) >= 11 is 0. The van der Waals surface area contributed by atoms with Crippen LogP contribution in [0, 0.1) is 6.92 Å². The lowest BCUT2D eigenvalue weighted by Crippen LogP contribution is -2.43. The summed E-state index contributed by atoms with van der Waals surface area (Å²) in [6, 6.07) is 3.54. The minimum Gasteiger partial charge on any atom is -0.497 e. The van der Waals surface area contributed by atoms with E-state index in [0.29, 0.717) is 30.2 Å². The number of nitrogens with one attached hydrogen (secondary N) is 1. The third kappa shape index (κ3) is 2.88. The second-order valence-corrected chi connectivity index (χ2v) is 4.45. The number of carbonyl (C=O) groups excluding carboxylic acids is 1. The lowest BCUT2D eigenvalue weighted by molar-refractivity contribution is 0.0267. The lowest BCUT2D eigenvalue weighted by Gasteiger charge is -2.24. The van der Waals surface area contributed by atoms with Crippen molar-refractivity contribution in [1.29, 1.82) is 0 Å². The van der Waals surface area contributed by atoms with Gasteiger partial charge in [0.1, 0.15) is 17.6 Å². The minimum absolute atomic E-state index is 0.0517. The summed E-state index contributed by atoms with van der Waals surface area (Å²) in [6.45, 7) is 3.73. The molecule has 0 amide bonds. The first-order valence-electron chi connectivity index (χ1n) is 6.26. The lowest BCUT2D eigenvalue weighted by atomic mass is 9.99. The van der Waals surface area contributed by atoms with Crippen LogP contribution in [0.25, 0.3) is 0 Å². The molecule has 1 aromatic carbocycles. The van der Waals surface area contributed by atoms with E-state index in [4.69, 9.17) is 14.2 Å². The maximum absolute atomic E-state index is 12.5. The molecule has 1 aliphatic rings. The Morgan fingerprint density at radius 2 is 2.16 bits per heavy atom. The summed E-state index contributed by atoms with van der Waals surface area (Å²) in [5, 5.41) is 3.15. The van der Waals surface area contributed by atoms with Gasteiger partial charge in [-0.25, -0.2) is 0 Å². The highest BCUT2D eigenvalue weighted by Gasteiger charge is 2.27. The Labute approximate surface area is 112 Å². The number of hydrogen-bond donors (Lipinski definition) is 1. The topological polar surface area (TPSA) is 56.8 Å². The van der Waals surface area contributed by atoms with Gasteiger partial charge in [-0.1, -0.05) is 0 Å². The van der Waals surface area contributed by atoms with Crippen LogP contribution in [0.3, 0.4) is 0 Å². The Morgan fingerprint density at radius 3 is 2.74 bits per heavy atom. The van der Waals surface area contributed by atoms with Gasteiger partial charge in [0.2, 0.25) is 0 Å². The van der Waals surface area contributed by atoms with E-state index < -0.39 is 6.10 Å². The highest BCUT2D eigenvalue weighted by molar-refractivity contribution is 6.03. The van der Waals surface area contributed by atoms with Crippen molar-refractivity contribution in [2.75, 3.05) is 33.9 Å². The van der Waals surface area contributed by atoms with Crippen molar-refractivity contribution in [3.8, 4) is 11.5 Å². The van der Waals surface area contributed by atoms with Gasteiger partial charge < -0.3 is 19.5 Å². The first kappa shape index (κ1) is 13.8. The van der Waals surface area contributed by atoms with Gasteiger partial charge in [0, 0.05) is 19.2 Å². The van der Waals surface area contributed by atoms with E-state index >= 15 is 0 Å². The van der Waals surface area contributed by atoms with Crippen LogP contribution in [-0.2, 0) is 4.74 Å². The van der Waals surface area contributed by atoms with Gasteiger partial charge in [0.25, 0.3) is 0 Å². The molecule has 1 fully saturated rings. The largest absolute Gasteiger partial charge is 0.497 e. The average molecular weight is 265 g/mol. The Balaban J connectivity index is 2.34. The summed E-state index contributed by atoms with van der Waals surface area (Å²) in [5.74, 6) is 1.15. The molecule has 0 aromatic heterocycles. The Kier molecular flexibility index (Phi) is 4.39. The molecule has 1 saturated heterocycles. The standard InChI is InChI=1S/C14H19NO4/c1-9-6-10(17-2)7-11(18-3)13(9)14(16)12-8-15-4-5-19-12/h6-7,12,15H,4-5,8H2,1-3H3. The van der Waals surface area contributed by atoms with Gasteiger partial charge in [-0.2, -0.15) is 0 Å². The molecule has 104 valence electrons. The number of hydrogen-bond acceptors (Lipinski definition) is 5. The number of methoxy groups -OCH3 is 2. The highest BCUT2D eigenvalue weighted by atomic mass is 16.5. The van der Waals surface area contributed by atoms with Crippen LogP contribution in [0.5, 0.6) is 11.5 Å². The molecule has 1 unspecified atom stereocenters. The Morgan fingerprint density at radius 1 is 1.37 bits per heavy atom. The quantitative estimate of drug-likeness (QED) is 0.829. The molecule has 1 N–H and O–H groups in total. The molecule has 1 aromatic rings. The summed E-state index contributed by atoms with van der Waals surface area (Å²) in [5.41, 5.74) is 1.40. The number of benzene rings is 1. The average Bonchev–Trinajstić information content (AvgIpc) is 2.46. The van der Waals surface area contributed by atoms with Crippen molar-refractivity contribution in [3.63, 3.8) is 0 Å². The SMILES string of the molecule is COc1cc(C)c(C(=O)C2CNCCO2)c(OC)c1. The second kappa shape index (κ2) is 6.04. The van der Waals surface area contributed by atoms with E-state index in [9.17, 15) is 4.79 Å². The van der Waals surface area contributed by atoms with Crippen LogP contribution < -0.4 is 14.8 Å². The normalized spacial score (nSPS) is 19.0. The van der Waals surface area contributed by atoms with E-state index in [1.807, 2.05) is 13.0 Å². The molecule has 1 aliphatic heterocycles. The van der Waals surface area contributed by atoms with Crippen LogP contribution in [-0.4, -0.2) is 45.8 Å². The summed E-state index contributed by atoms with van der Waals surface area (Å²) in [6.07, 6.45) is -0.449. The van der Waals surface area contributed by atoms with E-state index in [2.05, 4.69) is 5.32 Å². The molecule has 0 spiro atoms. The Bertz CT molecular complexity index is 467. The molecule has 1 heterocycles. The molecule has 0 radical (unpaired) electrons. The van der Waals surface area contributed by atoms with Gasteiger partial charge in [0.05, 0.1) is 26.4 Å². The minimum atomic E-state index is -0.449. The first-order chi connectivity index (χ1) is 9.17. The zero-order chi connectivity index (χ0) is 13.8. The number of ketones is 1. The van der Waals surface area contributed by atoms with Crippen LogP contribution >= 0.6 is 0 Å². The smallest absolute Gasteiger partial charge is 0.196 e. The second-order valence-electron chi connectivity index (χ2n) is 4.45. The zero-order valence-electron chi connectivity index (χ0n) is 11.5. The molecule has 1 atom stereocenters. The van der Waals surface area contributed by atoms with E-state index in [1.165, 1.54) is 0 Å². The number of carbonyl (C=O) groups is 1. The number of Topliss-reactive ketones (excluding diaryl/α,β-unsaturated/α-hetero) is 1. The van der Waals surface area contributed by atoms with Crippen LogP contribution in [0.4, 0.5) is 0 Å². The highest BCUT2D eigenvalue weighted by Crippen LogP contribution is 2.29. The number of rotatable bonds is 4. The third-order valence-electron chi connectivity index (χ3n) is 3.19. The van der Waals surface area contributed by atoms with Gasteiger partial charge in [-0.15, -0.1) is 0 Å². The van der Waals surface area contributed by atoms with Crippen LogP contribution in [0.15, 0.2) is 12.1 Å². The molecule has 0 aliphatic carbocycles. The molecular formula is C14H19NO4. The maximum Gasteiger partial charge on any atom is 0.196 e. The van der Waals surface area contributed by atoms with Crippen molar-refractivity contribution < 1.29 is 19.0 Å². The van der Waals surface area contributed by atoms with E-state index in [1.54, 1.807) is 20.3 Å². The fraction of sp³-hybridized carbons (Fsp3) is 0.500. The van der Waals surface area contributed by atoms with Crippen LogP contribution in [0.1, 0.15) is 15.9 Å². The summed E-state index contributed by atoms with van der Waals surface area (Å²) < 4.78 is 16.0.